The highest BCUT2D eigenvalue weighted by Gasteiger charge is 2.07. The van der Waals surface area contributed by atoms with E-state index in [1.807, 2.05) is 19.1 Å². The SMILES string of the molecule is Cc1ccc(C#N)c(Nc2ccc(S(C)(=O)=O)cc2)c1. The maximum absolute atomic E-state index is 11.4. The van der Waals surface area contributed by atoms with Crippen LogP contribution in [0.4, 0.5) is 11.4 Å². The number of hydrogen-bond acceptors (Lipinski definition) is 4. The van der Waals surface area contributed by atoms with E-state index in [0.717, 1.165) is 11.3 Å². The molecule has 0 aliphatic heterocycles. The number of nitriles is 1. The minimum atomic E-state index is -3.19. The molecule has 0 atom stereocenters. The smallest absolute Gasteiger partial charge is 0.175 e. The number of rotatable bonds is 3. The van der Waals surface area contributed by atoms with Crippen molar-refractivity contribution < 1.29 is 8.42 Å². The number of sulfone groups is 1. The third-order valence-electron chi connectivity index (χ3n) is 2.86. The molecule has 0 aliphatic rings. The maximum atomic E-state index is 11.4. The van der Waals surface area contributed by atoms with Crippen molar-refractivity contribution in [2.24, 2.45) is 0 Å². The van der Waals surface area contributed by atoms with Gasteiger partial charge in [0.05, 0.1) is 16.1 Å². The summed E-state index contributed by atoms with van der Waals surface area (Å²) in [6.07, 6.45) is 1.17. The van der Waals surface area contributed by atoms with E-state index >= 15 is 0 Å². The average Bonchev–Trinajstić information content (AvgIpc) is 2.38. The standard InChI is InChI=1S/C15H14N2O2S/c1-11-3-4-12(10-16)15(9-11)17-13-5-7-14(8-6-13)20(2,18)19/h3-9,17H,1-2H3. The van der Waals surface area contributed by atoms with E-state index in [-0.39, 0.29) is 4.90 Å². The van der Waals surface area contributed by atoms with E-state index in [2.05, 4.69) is 11.4 Å². The van der Waals surface area contributed by atoms with Crippen LogP contribution in [0, 0.1) is 18.3 Å². The highest BCUT2D eigenvalue weighted by molar-refractivity contribution is 7.90. The van der Waals surface area contributed by atoms with E-state index in [1.165, 1.54) is 6.26 Å². The summed E-state index contributed by atoms with van der Waals surface area (Å²) in [5.74, 6) is 0. The summed E-state index contributed by atoms with van der Waals surface area (Å²) in [5, 5.41) is 12.2. The van der Waals surface area contributed by atoms with Gasteiger partial charge in [0.25, 0.3) is 0 Å². The van der Waals surface area contributed by atoms with Crippen LogP contribution < -0.4 is 5.32 Å². The first-order valence-corrected chi connectivity index (χ1v) is 7.87. The van der Waals surface area contributed by atoms with Gasteiger partial charge in [-0.1, -0.05) is 6.07 Å². The lowest BCUT2D eigenvalue weighted by Crippen LogP contribution is -1.98. The molecule has 0 saturated carbocycles. The Bertz CT molecular complexity index is 773. The molecule has 0 saturated heterocycles. The van der Waals surface area contributed by atoms with Gasteiger partial charge in [-0.05, 0) is 48.9 Å². The Labute approximate surface area is 118 Å². The van der Waals surface area contributed by atoms with Crippen molar-refractivity contribution in [2.45, 2.75) is 11.8 Å². The van der Waals surface area contributed by atoms with E-state index in [1.54, 1.807) is 30.3 Å². The third-order valence-corrected chi connectivity index (χ3v) is 3.99. The molecule has 5 heteroatoms. The largest absolute Gasteiger partial charge is 0.354 e. The van der Waals surface area contributed by atoms with Crippen molar-refractivity contribution in [1.82, 2.24) is 0 Å². The number of anilines is 2. The molecule has 0 aromatic heterocycles. The molecule has 2 rings (SSSR count). The highest BCUT2D eigenvalue weighted by Crippen LogP contribution is 2.23. The van der Waals surface area contributed by atoms with Crippen molar-refractivity contribution in [2.75, 3.05) is 11.6 Å². The lowest BCUT2D eigenvalue weighted by molar-refractivity contribution is 0.602. The predicted octanol–water partition coefficient (Wildman–Crippen LogP) is 3.01. The normalized spacial score (nSPS) is 10.8. The van der Waals surface area contributed by atoms with Crippen LogP contribution in [0.25, 0.3) is 0 Å². The molecule has 0 radical (unpaired) electrons. The van der Waals surface area contributed by atoms with Crippen molar-refractivity contribution in [3.63, 3.8) is 0 Å². The van der Waals surface area contributed by atoms with Gasteiger partial charge in [0.15, 0.2) is 9.84 Å². The monoisotopic (exact) mass is 286 g/mol. The minimum Gasteiger partial charge on any atom is -0.354 e. The molecule has 102 valence electrons. The maximum Gasteiger partial charge on any atom is 0.175 e. The molecule has 0 bridgehead atoms. The molecule has 1 N–H and O–H groups in total. The topological polar surface area (TPSA) is 70.0 Å². The van der Waals surface area contributed by atoms with E-state index in [0.29, 0.717) is 11.3 Å². The lowest BCUT2D eigenvalue weighted by Gasteiger charge is -2.09. The first kappa shape index (κ1) is 14.1. The molecule has 2 aromatic rings. The van der Waals surface area contributed by atoms with Gasteiger partial charge in [-0.3, -0.25) is 0 Å². The fraction of sp³-hybridized carbons (Fsp3) is 0.133. The van der Waals surface area contributed by atoms with Gasteiger partial charge in [-0.2, -0.15) is 5.26 Å². The number of nitrogens with one attached hydrogen (secondary N) is 1. The molecule has 0 spiro atoms. The van der Waals surface area contributed by atoms with Gasteiger partial charge in [0, 0.05) is 11.9 Å². The number of nitrogens with zero attached hydrogens (tertiary/aromatic N) is 1. The van der Waals surface area contributed by atoms with Gasteiger partial charge in [0.2, 0.25) is 0 Å². The Morgan fingerprint density at radius 1 is 1.10 bits per heavy atom. The Balaban J connectivity index is 2.32. The van der Waals surface area contributed by atoms with Gasteiger partial charge >= 0.3 is 0 Å². The summed E-state index contributed by atoms with van der Waals surface area (Å²) >= 11 is 0. The Kier molecular flexibility index (Phi) is 3.77. The van der Waals surface area contributed by atoms with Crippen molar-refractivity contribution in [3.8, 4) is 6.07 Å². The molecular formula is C15H14N2O2S. The first-order valence-electron chi connectivity index (χ1n) is 5.98. The second-order valence-electron chi connectivity index (χ2n) is 4.58. The zero-order valence-electron chi connectivity index (χ0n) is 11.2. The Morgan fingerprint density at radius 3 is 2.30 bits per heavy atom. The van der Waals surface area contributed by atoms with Crippen LogP contribution in [0.1, 0.15) is 11.1 Å². The van der Waals surface area contributed by atoms with Crippen LogP contribution in [0.15, 0.2) is 47.4 Å². The third kappa shape index (κ3) is 3.16. The number of benzene rings is 2. The van der Waals surface area contributed by atoms with Crippen molar-refractivity contribution >= 4 is 21.2 Å². The molecule has 0 aliphatic carbocycles. The molecule has 20 heavy (non-hydrogen) atoms. The molecule has 0 heterocycles. The van der Waals surface area contributed by atoms with Crippen LogP contribution in [0.3, 0.4) is 0 Å². The van der Waals surface area contributed by atoms with Gasteiger partial charge < -0.3 is 5.32 Å². The molecule has 0 amide bonds. The first-order chi connectivity index (χ1) is 9.40. The highest BCUT2D eigenvalue weighted by atomic mass is 32.2. The molecule has 0 fully saturated rings. The zero-order chi connectivity index (χ0) is 14.8. The van der Waals surface area contributed by atoms with Crippen molar-refractivity contribution in [1.29, 1.82) is 5.26 Å². The van der Waals surface area contributed by atoms with Crippen LogP contribution in [-0.2, 0) is 9.84 Å². The number of aryl methyl sites for hydroxylation is 1. The molecule has 2 aromatic carbocycles. The van der Waals surface area contributed by atoms with E-state index in [9.17, 15) is 8.42 Å². The van der Waals surface area contributed by atoms with E-state index < -0.39 is 9.84 Å². The summed E-state index contributed by atoms with van der Waals surface area (Å²) in [6.45, 7) is 1.94. The van der Waals surface area contributed by atoms with Crippen LogP contribution in [0.5, 0.6) is 0 Å². The van der Waals surface area contributed by atoms with Gasteiger partial charge in [0.1, 0.15) is 6.07 Å². The zero-order valence-corrected chi connectivity index (χ0v) is 12.0. The van der Waals surface area contributed by atoms with Gasteiger partial charge in [-0.15, -0.1) is 0 Å². The Morgan fingerprint density at radius 2 is 1.75 bits per heavy atom. The fourth-order valence-electron chi connectivity index (χ4n) is 1.80. The second-order valence-corrected chi connectivity index (χ2v) is 6.60. The molecule has 0 unspecified atom stereocenters. The lowest BCUT2D eigenvalue weighted by atomic mass is 10.1. The average molecular weight is 286 g/mol. The summed E-state index contributed by atoms with van der Waals surface area (Å²) in [4.78, 5) is 0.271. The van der Waals surface area contributed by atoms with Crippen molar-refractivity contribution in [3.05, 3.63) is 53.6 Å². The molecular weight excluding hydrogens is 272 g/mol. The second kappa shape index (κ2) is 5.35. The van der Waals surface area contributed by atoms with Crippen LogP contribution in [-0.4, -0.2) is 14.7 Å². The van der Waals surface area contributed by atoms with Gasteiger partial charge in [-0.25, -0.2) is 8.42 Å². The predicted molar refractivity (Wildman–Crippen MR) is 78.7 cm³/mol. The molecule has 4 nitrogen and oxygen atoms in total. The van der Waals surface area contributed by atoms with E-state index in [4.69, 9.17) is 5.26 Å². The van der Waals surface area contributed by atoms with Crippen LogP contribution >= 0.6 is 0 Å². The fourth-order valence-corrected chi connectivity index (χ4v) is 2.43. The number of hydrogen-bond donors (Lipinski definition) is 1. The minimum absolute atomic E-state index is 0.271. The quantitative estimate of drug-likeness (QED) is 0.941. The summed E-state index contributed by atoms with van der Waals surface area (Å²) in [5.41, 5.74) is 3.03. The summed E-state index contributed by atoms with van der Waals surface area (Å²) in [7, 11) is -3.19. The Hall–Kier alpha value is -2.32. The summed E-state index contributed by atoms with van der Waals surface area (Å²) in [6, 6.07) is 14.1. The summed E-state index contributed by atoms with van der Waals surface area (Å²) < 4.78 is 22.8. The van der Waals surface area contributed by atoms with Crippen LogP contribution in [0.2, 0.25) is 0 Å².